The van der Waals surface area contributed by atoms with Crippen molar-refractivity contribution in [3.8, 4) is 0 Å². The predicted octanol–water partition coefficient (Wildman–Crippen LogP) is -5.28. The van der Waals surface area contributed by atoms with Gasteiger partial charge in [0.1, 0.15) is 48.8 Å². The molecule has 10 atom stereocenters. The van der Waals surface area contributed by atoms with E-state index in [0.717, 1.165) is 0 Å². The molecule has 27 heavy (non-hydrogen) atoms. The lowest BCUT2D eigenvalue weighted by Gasteiger charge is -2.45. The normalized spacial score (nSPS) is 46.4. The summed E-state index contributed by atoms with van der Waals surface area (Å²) in [6, 6.07) is 0. The molecule has 0 aliphatic carbocycles. The predicted molar refractivity (Wildman–Crippen MR) is 79.5 cm³/mol. The first-order valence-electron chi connectivity index (χ1n) is 7.82. The van der Waals surface area contributed by atoms with Crippen molar-refractivity contribution in [3.63, 3.8) is 0 Å². The van der Waals surface area contributed by atoms with Gasteiger partial charge in [0.2, 0.25) is 0 Å². The van der Waals surface area contributed by atoms with Gasteiger partial charge in [-0.15, -0.1) is 0 Å². The third-order valence-electron chi connectivity index (χ3n) is 4.20. The molecule has 0 radical (unpaired) electrons. The van der Waals surface area contributed by atoms with Crippen LogP contribution in [-0.2, 0) is 23.3 Å². The quantitative estimate of drug-likeness (QED) is 0.182. The van der Waals surface area contributed by atoms with Gasteiger partial charge in [-0.1, -0.05) is 0 Å². The largest absolute Gasteiger partial charge is 0.472 e. The van der Waals surface area contributed by atoms with Crippen molar-refractivity contribution in [2.45, 2.75) is 61.4 Å². The molecule has 2 fully saturated rings. The standard InChI is InChI=1S/C12H23O14P/c13-1-3-5(15)6(16)8(18)11(23-3)25-10-4(2-14)24-12(9(19)7(10)17)26-27(20,21)22/h3-19H,1-2H2,(H2,20,21,22)/t3-,4-,5+,6+,7-,8-,9-,10-,11+,12-/m1/s1. The molecule has 0 aromatic heterocycles. The van der Waals surface area contributed by atoms with Crippen LogP contribution in [0.3, 0.4) is 0 Å². The number of hydrogen-bond acceptors (Lipinski definition) is 12. The number of aliphatic hydroxyl groups excluding tert-OH is 7. The van der Waals surface area contributed by atoms with Gasteiger partial charge >= 0.3 is 7.82 Å². The summed E-state index contributed by atoms with van der Waals surface area (Å²) in [5.74, 6) is 0. The summed E-state index contributed by atoms with van der Waals surface area (Å²) in [5.41, 5.74) is 0. The monoisotopic (exact) mass is 422 g/mol. The lowest BCUT2D eigenvalue weighted by atomic mass is 9.97. The van der Waals surface area contributed by atoms with Crippen LogP contribution in [0.25, 0.3) is 0 Å². The maximum Gasteiger partial charge on any atom is 0.472 e. The summed E-state index contributed by atoms with van der Waals surface area (Å²) in [6.45, 7) is -1.59. The third kappa shape index (κ3) is 5.20. The van der Waals surface area contributed by atoms with E-state index >= 15 is 0 Å². The molecule has 15 heteroatoms. The minimum Gasteiger partial charge on any atom is -0.394 e. The topological polar surface area (TPSA) is 236 Å². The van der Waals surface area contributed by atoms with Gasteiger partial charge in [-0.25, -0.2) is 4.57 Å². The Morgan fingerprint density at radius 3 is 1.78 bits per heavy atom. The van der Waals surface area contributed by atoms with Crippen LogP contribution in [0.4, 0.5) is 0 Å². The number of ether oxygens (including phenoxy) is 3. The molecule has 2 heterocycles. The van der Waals surface area contributed by atoms with Gasteiger partial charge < -0.3 is 59.7 Å². The highest BCUT2D eigenvalue weighted by Gasteiger charge is 2.51. The number of phosphoric acid groups is 1. The highest BCUT2D eigenvalue weighted by Crippen LogP contribution is 2.41. The second-order valence-corrected chi connectivity index (χ2v) is 7.29. The zero-order chi connectivity index (χ0) is 20.5. The number of aliphatic hydroxyl groups is 7. The van der Waals surface area contributed by atoms with Crippen LogP contribution in [0, 0.1) is 0 Å². The van der Waals surface area contributed by atoms with Gasteiger partial charge in [0.05, 0.1) is 13.2 Å². The summed E-state index contributed by atoms with van der Waals surface area (Å²) in [7, 11) is -5.10. The van der Waals surface area contributed by atoms with Gasteiger partial charge in [0, 0.05) is 0 Å². The van der Waals surface area contributed by atoms with Crippen LogP contribution < -0.4 is 0 Å². The second kappa shape index (κ2) is 9.02. The zero-order valence-electron chi connectivity index (χ0n) is 13.7. The summed E-state index contributed by atoms with van der Waals surface area (Å²) in [5, 5.41) is 68.0. The molecule has 160 valence electrons. The lowest BCUT2D eigenvalue weighted by Crippen LogP contribution is -2.64. The first kappa shape index (κ1) is 23.0. The Bertz CT molecular complexity index is 524. The molecule has 14 nitrogen and oxygen atoms in total. The van der Waals surface area contributed by atoms with Crippen LogP contribution in [0.15, 0.2) is 0 Å². The Kier molecular flexibility index (Phi) is 7.68. The second-order valence-electron chi connectivity index (χ2n) is 6.10. The smallest absolute Gasteiger partial charge is 0.394 e. The molecule has 0 aromatic rings. The van der Waals surface area contributed by atoms with Crippen molar-refractivity contribution in [2.75, 3.05) is 13.2 Å². The van der Waals surface area contributed by atoms with E-state index < -0.39 is 82.4 Å². The van der Waals surface area contributed by atoms with E-state index in [9.17, 15) is 35.2 Å². The Labute approximate surface area is 152 Å². The van der Waals surface area contributed by atoms with Crippen molar-refractivity contribution >= 4 is 7.82 Å². The van der Waals surface area contributed by atoms with E-state index in [1.54, 1.807) is 0 Å². The Morgan fingerprint density at radius 1 is 0.741 bits per heavy atom. The van der Waals surface area contributed by atoms with Gasteiger partial charge in [0.15, 0.2) is 12.6 Å². The summed E-state index contributed by atoms with van der Waals surface area (Å²) in [6.07, 6.45) is -17.3. The fourth-order valence-electron chi connectivity index (χ4n) is 2.78. The van der Waals surface area contributed by atoms with E-state index in [1.165, 1.54) is 0 Å². The summed E-state index contributed by atoms with van der Waals surface area (Å²) in [4.78, 5) is 17.6. The van der Waals surface area contributed by atoms with Crippen LogP contribution in [0.2, 0.25) is 0 Å². The van der Waals surface area contributed by atoms with Crippen LogP contribution in [-0.4, -0.2) is 120 Å². The van der Waals surface area contributed by atoms with E-state index in [4.69, 9.17) is 29.1 Å². The van der Waals surface area contributed by atoms with E-state index in [-0.39, 0.29) is 0 Å². The average molecular weight is 422 g/mol. The van der Waals surface area contributed by atoms with Gasteiger partial charge in [-0.05, 0) is 0 Å². The first-order valence-corrected chi connectivity index (χ1v) is 9.35. The highest BCUT2D eigenvalue weighted by atomic mass is 31.2. The lowest BCUT2D eigenvalue weighted by molar-refractivity contribution is -0.353. The molecule has 2 rings (SSSR count). The molecule has 0 unspecified atom stereocenters. The minimum absolute atomic E-state index is 0.737. The van der Waals surface area contributed by atoms with Gasteiger partial charge in [-0.2, -0.15) is 0 Å². The Hall–Kier alpha value is -0.290. The molecular weight excluding hydrogens is 399 g/mol. The Balaban J connectivity index is 2.14. The number of phosphoric ester groups is 1. The number of rotatable bonds is 6. The molecular formula is C12H23O14P. The first-order chi connectivity index (χ1) is 12.5. The molecule has 0 spiro atoms. The van der Waals surface area contributed by atoms with Crippen molar-refractivity contribution in [3.05, 3.63) is 0 Å². The van der Waals surface area contributed by atoms with E-state index in [1.807, 2.05) is 0 Å². The number of hydrogen-bond donors (Lipinski definition) is 9. The fourth-order valence-corrected chi connectivity index (χ4v) is 3.22. The molecule has 9 N–H and O–H groups in total. The molecule has 2 saturated heterocycles. The molecule has 0 amide bonds. The maximum atomic E-state index is 10.9. The fraction of sp³-hybridized carbons (Fsp3) is 1.00. The Morgan fingerprint density at radius 2 is 1.26 bits per heavy atom. The molecule has 2 aliphatic heterocycles. The van der Waals surface area contributed by atoms with E-state index in [0.29, 0.717) is 0 Å². The SMILES string of the molecule is O=P(O)(O)O[C@H]1O[C@H](CO)[C@@H](O[C@@H]2O[C@H](CO)[C@H](O)[C@H](O)[C@H]2O)[C@H](O)[C@H]1O. The van der Waals surface area contributed by atoms with Crippen LogP contribution in [0.1, 0.15) is 0 Å². The summed E-state index contributed by atoms with van der Waals surface area (Å²) >= 11 is 0. The van der Waals surface area contributed by atoms with Crippen LogP contribution in [0.5, 0.6) is 0 Å². The van der Waals surface area contributed by atoms with Crippen molar-refractivity contribution in [1.29, 1.82) is 0 Å². The van der Waals surface area contributed by atoms with Crippen molar-refractivity contribution in [1.82, 2.24) is 0 Å². The summed E-state index contributed by atoms with van der Waals surface area (Å²) < 4.78 is 30.4. The average Bonchev–Trinajstić information content (AvgIpc) is 2.60. The zero-order valence-corrected chi connectivity index (χ0v) is 14.6. The molecule has 0 bridgehead atoms. The van der Waals surface area contributed by atoms with Gasteiger partial charge in [0.25, 0.3) is 0 Å². The van der Waals surface area contributed by atoms with Crippen molar-refractivity contribution < 1.29 is 68.8 Å². The van der Waals surface area contributed by atoms with Crippen molar-refractivity contribution in [2.24, 2.45) is 0 Å². The van der Waals surface area contributed by atoms with E-state index in [2.05, 4.69) is 4.52 Å². The molecule has 2 aliphatic rings. The maximum absolute atomic E-state index is 10.9. The highest BCUT2D eigenvalue weighted by molar-refractivity contribution is 7.46. The minimum atomic E-state index is -5.10. The third-order valence-corrected chi connectivity index (χ3v) is 4.68. The molecule has 0 aromatic carbocycles. The molecule has 0 saturated carbocycles. The van der Waals surface area contributed by atoms with Crippen LogP contribution >= 0.6 is 7.82 Å². The van der Waals surface area contributed by atoms with Gasteiger partial charge in [-0.3, -0.25) is 4.52 Å².